The summed E-state index contributed by atoms with van der Waals surface area (Å²) in [6, 6.07) is 8.51. The molecular formula is C33H43F2N8O5S2+. The maximum Gasteiger partial charge on any atom is 0.456 e. The summed E-state index contributed by atoms with van der Waals surface area (Å²) in [6.45, 7) is 2.54. The summed E-state index contributed by atoms with van der Waals surface area (Å²) in [6.07, 6.45) is 6.02. The van der Waals surface area contributed by atoms with Crippen LogP contribution in [0.3, 0.4) is 0 Å². The van der Waals surface area contributed by atoms with Gasteiger partial charge in [0.1, 0.15) is 10.9 Å². The first-order valence-electron chi connectivity index (χ1n) is 16.3. The number of benzene rings is 1. The molecule has 17 heteroatoms. The van der Waals surface area contributed by atoms with Crippen molar-refractivity contribution in [2.24, 2.45) is 10.9 Å². The quantitative estimate of drug-likeness (QED) is 0.0840. The smallest absolute Gasteiger partial charge is 0.456 e. The number of likely N-dealkylation sites (N-methyl/N-ethyl adjacent to an activating group) is 1. The van der Waals surface area contributed by atoms with Crippen LogP contribution in [0.1, 0.15) is 48.8 Å². The van der Waals surface area contributed by atoms with Gasteiger partial charge in [-0.15, -0.1) is 0 Å². The van der Waals surface area contributed by atoms with E-state index in [-0.39, 0.29) is 34.9 Å². The fourth-order valence-corrected chi connectivity index (χ4v) is 7.69. The maximum atomic E-state index is 15.2. The highest BCUT2D eigenvalue weighted by atomic mass is 32.2. The molecule has 1 saturated carbocycles. The number of methoxy groups -OCH3 is 1. The van der Waals surface area contributed by atoms with Gasteiger partial charge in [0.05, 0.1) is 13.3 Å². The third-order valence-corrected chi connectivity index (χ3v) is 11.0. The molecule has 5 N–H and O–H groups in total. The van der Waals surface area contributed by atoms with Gasteiger partial charge < -0.3 is 31.0 Å². The van der Waals surface area contributed by atoms with Gasteiger partial charge in [0.15, 0.2) is 5.25 Å². The van der Waals surface area contributed by atoms with Crippen molar-refractivity contribution in [3.63, 3.8) is 0 Å². The van der Waals surface area contributed by atoms with E-state index in [0.717, 1.165) is 43.3 Å². The van der Waals surface area contributed by atoms with Crippen LogP contribution >= 0.6 is 12.2 Å². The number of hydrogen-bond donors (Lipinski definition) is 4. The van der Waals surface area contributed by atoms with Crippen molar-refractivity contribution >= 4 is 57.3 Å². The molecule has 50 heavy (non-hydrogen) atoms. The molecule has 0 bridgehead atoms. The van der Waals surface area contributed by atoms with Crippen molar-refractivity contribution < 1.29 is 32.7 Å². The van der Waals surface area contributed by atoms with Crippen molar-refractivity contribution in [3.05, 3.63) is 59.3 Å². The summed E-state index contributed by atoms with van der Waals surface area (Å²) in [5, 5.41) is 8.01. The number of piperazine rings is 1. The second kappa shape index (κ2) is 18.1. The first-order valence-corrected chi connectivity index (χ1v) is 18.0. The van der Waals surface area contributed by atoms with Gasteiger partial charge in [-0.05, 0) is 49.9 Å². The monoisotopic (exact) mass is 733 g/mol. The number of amides is 4. The number of nitrogens with two attached hydrogens (primary N) is 1. The lowest BCUT2D eigenvalue weighted by molar-refractivity contribution is -0.144. The first-order chi connectivity index (χ1) is 23.9. The van der Waals surface area contributed by atoms with E-state index in [1.165, 1.54) is 13.2 Å². The zero-order valence-corrected chi connectivity index (χ0v) is 29.7. The molecule has 1 aliphatic heterocycles. The van der Waals surface area contributed by atoms with E-state index in [9.17, 15) is 19.2 Å². The molecule has 270 valence electrons. The van der Waals surface area contributed by atoms with Crippen LogP contribution in [0.15, 0.2) is 47.7 Å². The molecule has 2 aromatic rings. The largest absolute Gasteiger partial charge is 0.481 e. The Labute approximate surface area is 298 Å². The number of halogens is 2. The zero-order chi connectivity index (χ0) is 36.3. The summed E-state index contributed by atoms with van der Waals surface area (Å²) in [5.41, 5.74) is 0.847. The van der Waals surface area contributed by atoms with Crippen LogP contribution in [0.25, 0.3) is 0 Å². The van der Waals surface area contributed by atoms with E-state index in [2.05, 4.69) is 30.3 Å². The van der Waals surface area contributed by atoms with Gasteiger partial charge in [0.2, 0.25) is 22.9 Å². The number of carbonyl (C=O) groups excluding carboxylic acids is 4. The lowest BCUT2D eigenvalue weighted by Crippen LogP contribution is -2.55. The number of hydrazone groups is 1. The predicted octanol–water partition coefficient (Wildman–Crippen LogP) is 2.19. The molecule has 4 rings (SSSR count). The Bertz CT molecular complexity index is 1530. The minimum Gasteiger partial charge on any atom is -0.481 e. The van der Waals surface area contributed by atoms with Crippen molar-refractivity contribution in [1.82, 2.24) is 30.1 Å². The Morgan fingerprint density at radius 1 is 1.08 bits per heavy atom. The molecule has 2 aliphatic rings. The van der Waals surface area contributed by atoms with Crippen LogP contribution in [0.5, 0.6) is 5.88 Å². The topological polar surface area (TPSA) is 171 Å². The standard InChI is InChI=1S/C33H42F2N8O5S2/c1-42-14-16-43(17-15-42)30(45)26(40-29(44)27(49)21-39-36)18-22-8-10-23(11-9-22)19-38-32(47)50(25-6-4-3-5-7-25)41-31(46)33(34,35)24-12-13-28(48-2)37-20-24/h8-13,20-21,25-26H,3-7,14-19H2,1-2H3,(H4-,36,38,40,41,44,46,47,49)/p+1. The van der Waals surface area contributed by atoms with Gasteiger partial charge in [-0.25, -0.2) is 9.78 Å². The van der Waals surface area contributed by atoms with Gasteiger partial charge in [-0.1, -0.05) is 42.9 Å². The molecule has 2 unspecified atom stereocenters. The number of aromatic nitrogens is 1. The van der Waals surface area contributed by atoms with E-state index >= 15 is 8.78 Å². The highest BCUT2D eigenvalue weighted by Gasteiger charge is 2.49. The van der Waals surface area contributed by atoms with Crippen LogP contribution in [-0.4, -0.2) is 100 Å². The predicted molar refractivity (Wildman–Crippen MR) is 191 cm³/mol. The molecule has 1 aliphatic carbocycles. The second-order valence-corrected chi connectivity index (χ2v) is 14.5. The summed E-state index contributed by atoms with van der Waals surface area (Å²) >= 11 is 3.54. The molecule has 2 heterocycles. The SMILES string of the molecule is COc1ccc(C(F)(F)C(=O)N[S+](C(=O)NCc2ccc(CC(NC(=O)C(=S)C=NN)C(=O)N3CCN(C)CC3)cc2)C2CCCCC2)cn1. The van der Waals surface area contributed by atoms with Gasteiger partial charge in [-0.3, -0.25) is 14.4 Å². The average Bonchev–Trinajstić information content (AvgIpc) is 3.13. The van der Waals surface area contributed by atoms with E-state index in [1.54, 1.807) is 29.2 Å². The Balaban J connectivity index is 1.42. The first kappa shape index (κ1) is 38.6. The molecule has 1 aromatic heterocycles. The Hall–Kier alpha value is -4.22. The number of ether oxygens (including phenoxy) is 1. The number of nitrogens with one attached hydrogen (secondary N) is 3. The number of pyridine rings is 1. The van der Waals surface area contributed by atoms with Crippen molar-refractivity contribution in [2.75, 3.05) is 40.3 Å². The van der Waals surface area contributed by atoms with E-state index in [1.807, 2.05) is 7.05 Å². The van der Waals surface area contributed by atoms with Gasteiger partial charge >= 0.3 is 17.1 Å². The third kappa shape index (κ3) is 10.4. The van der Waals surface area contributed by atoms with Crippen LogP contribution in [-0.2, 0) is 44.4 Å². The maximum absolute atomic E-state index is 15.2. The van der Waals surface area contributed by atoms with Gasteiger partial charge in [0.25, 0.3) is 5.91 Å². The Morgan fingerprint density at radius 2 is 1.74 bits per heavy atom. The Kier molecular flexibility index (Phi) is 14.0. The van der Waals surface area contributed by atoms with E-state index in [0.29, 0.717) is 44.6 Å². The fourth-order valence-electron chi connectivity index (χ4n) is 5.65. The van der Waals surface area contributed by atoms with Crippen LogP contribution < -0.4 is 25.9 Å². The van der Waals surface area contributed by atoms with Crippen LogP contribution in [0.4, 0.5) is 13.6 Å². The number of rotatable bonds is 12. The lowest BCUT2D eigenvalue weighted by Gasteiger charge is -2.34. The van der Waals surface area contributed by atoms with Gasteiger partial charge in [-0.2, -0.15) is 18.6 Å². The van der Waals surface area contributed by atoms with Crippen molar-refractivity contribution in [2.45, 2.75) is 62.3 Å². The molecule has 1 saturated heterocycles. The fraction of sp³-hybridized carbons (Fsp3) is 0.485. The summed E-state index contributed by atoms with van der Waals surface area (Å²) < 4.78 is 37.6. The molecule has 2 atom stereocenters. The van der Waals surface area contributed by atoms with Gasteiger partial charge in [0, 0.05) is 57.0 Å². The van der Waals surface area contributed by atoms with Crippen molar-refractivity contribution in [1.29, 1.82) is 0 Å². The third-order valence-electron chi connectivity index (χ3n) is 8.61. The number of carbonyl (C=O) groups is 4. The zero-order valence-electron chi connectivity index (χ0n) is 28.0. The molecule has 0 spiro atoms. The molecular weight excluding hydrogens is 691 g/mol. The average molecular weight is 734 g/mol. The molecule has 0 radical (unpaired) electrons. The minimum atomic E-state index is -3.92. The van der Waals surface area contributed by atoms with Crippen LogP contribution in [0, 0.1) is 0 Å². The summed E-state index contributed by atoms with van der Waals surface area (Å²) in [4.78, 5) is 60.0. The minimum absolute atomic E-state index is 0.0804. The molecule has 1 aromatic carbocycles. The highest BCUT2D eigenvalue weighted by molar-refractivity contribution is 8.10. The number of alkyl halides is 2. The Morgan fingerprint density at radius 3 is 2.34 bits per heavy atom. The second-order valence-electron chi connectivity index (χ2n) is 12.2. The summed E-state index contributed by atoms with van der Waals surface area (Å²) in [5.74, 6) is -1.10. The molecule has 2 fully saturated rings. The van der Waals surface area contributed by atoms with E-state index < -0.39 is 45.7 Å². The number of nitrogens with zero attached hydrogens (tertiary/aromatic N) is 4. The number of thiocarbonyl (C=S) groups is 1. The highest BCUT2D eigenvalue weighted by Crippen LogP contribution is 2.31. The van der Waals surface area contributed by atoms with E-state index in [4.69, 9.17) is 22.8 Å². The molecule has 4 amide bonds. The van der Waals surface area contributed by atoms with Crippen LogP contribution in [0.2, 0.25) is 0 Å². The normalized spacial score (nSPS) is 17.1. The molecule has 13 nitrogen and oxygen atoms in total. The summed E-state index contributed by atoms with van der Waals surface area (Å²) in [7, 11) is 3.33. The lowest BCUT2D eigenvalue weighted by atomic mass is 10.0. The number of hydrogen-bond acceptors (Lipinski definition) is 10. The van der Waals surface area contributed by atoms with Crippen molar-refractivity contribution in [3.8, 4) is 5.88 Å².